The Labute approximate surface area is 263 Å². The summed E-state index contributed by atoms with van der Waals surface area (Å²) in [5.41, 5.74) is 9.23. The molecule has 230 valence electrons. The van der Waals surface area contributed by atoms with Crippen LogP contribution in [-0.2, 0) is 14.3 Å². The topological polar surface area (TPSA) is 106 Å². The molecule has 4 aromatic carbocycles. The maximum Gasteiger partial charge on any atom is 0.407 e. The average molecular weight is 604 g/mol. The predicted molar refractivity (Wildman–Crippen MR) is 173 cm³/mol. The van der Waals surface area contributed by atoms with Crippen LogP contribution < -0.4 is 16.0 Å². The number of unbranched alkanes of at least 4 members (excludes halogenated alkanes) is 1. The van der Waals surface area contributed by atoms with E-state index in [4.69, 9.17) is 9.47 Å². The summed E-state index contributed by atoms with van der Waals surface area (Å²) in [6.07, 6.45) is 0.504. The molecule has 0 saturated carbocycles. The van der Waals surface area contributed by atoms with Crippen molar-refractivity contribution in [3.05, 3.63) is 119 Å². The molecule has 0 radical (unpaired) electrons. The summed E-state index contributed by atoms with van der Waals surface area (Å²) >= 11 is 0. The standard InChI is InChI=1S/C37H37N3O5/c1-38-35(41)34(40-37(43)45-23-33-30-18-8-4-14-26(30)27-15-5-9-19-31(27)33)20-10-11-21-39-36(42)44-22-32-28-16-6-2-12-24(28)25-13-3-7-17-29(25)32/h2-9,12-19,32-34H,10-11,20-23H2,1H3,(H,38,41)(H,39,42)(H,40,43). The van der Waals surface area contributed by atoms with E-state index in [0.717, 1.165) is 33.4 Å². The number of likely N-dealkylation sites (N-methyl/N-ethyl adjacent to an activating group) is 1. The molecular weight excluding hydrogens is 566 g/mol. The van der Waals surface area contributed by atoms with Crippen LogP contribution in [0.2, 0.25) is 0 Å². The van der Waals surface area contributed by atoms with Crippen molar-refractivity contribution in [2.75, 3.05) is 26.8 Å². The molecule has 45 heavy (non-hydrogen) atoms. The summed E-state index contributed by atoms with van der Waals surface area (Å²) in [6.45, 7) is 0.815. The van der Waals surface area contributed by atoms with Crippen LogP contribution >= 0.6 is 0 Å². The van der Waals surface area contributed by atoms with Crippen LogP contribution in [-0.4, -0.2) is 50.9 Å². The quantitative estimate of drug-likeness (QED) is 0.173. The number of fused-ring (bicyclic) bond motifs is 6. The van der Waals surface area contributed by atoms with Gasteiger partial charge in [-0.2, -0.15) is 0 Å². The van der Waals surface area contributed by atoms with Crippen LogP contribution in [0.15, 0.2) is 97.1 Å². The second-order valence-corrected chi connectivity index (χ2v) is 11.4. The highest BCUT2D eigenvalue weighted by Crippen LogP contribution is 2.45. The summed E-state index contributed by atoms with van der Waals surface area (Å²) in [7, 11) is 1.54. The van der Waals surface area contributed by atoms with Crippen molar-refractivity contribution in [1.29, 1.82) is 0 Å². The maximum atomic E-state index is 12.8. The minimum Gasteiger partial charge on any atom is -0.449 e. The minimum atomic E-state index is -0.750. The van der Waals surface area contributed by atoms with E-state index in [1.165, 1.54) is 18.2 Å². The lowest BCUT2D eigenvalue weighted by Gasteiger charge is -2.19. The summed E-state index contributed by atoms with van der Waals surface area (Å²) in [5.74, 6) is -0.362. The average Bonchev–Trinajstić information content (AvgIpc) is 3.57. The predicted octanol–water partition coefficient (Wildman–Crippen LogP) is 6.35. The molecule has 8 heteroatoms. The Balaban J connectivity index is 0.940. The number of alkyl carbamates (subject to hydrolysis) is 2. The van der Waals surface area contributed by atoms with Gasteiger partial charge in [-0.05, 0) is 63.8 Å². The van der Waals surface area contributed by atoms with Crippen LogP contribution in [0.4, 0.5) is 9.59 Å². The molecule has 1 unspecified atom stereocenters. The number of carbonyl (C=O) groups is 3. The molecule has 0 aliphatic heterocycles. The van der Waals surface area contributed by atoms with Gasteiger partial charge in [-0.3, -0.25) is 4.79 Å². The number of amides is 3. The fourth-order valence-corrected chi connectivity index (χ4v) is 6.54. The van der Waals surface area contributed by atoms with Gasteiger partial charge in [-0.15, -0.1) is 0 Å². The zero-order valence-electron chi connectivity index (χ0n) is 25.3. The fourth-order valence-electron chi connectivity index (χ4n) is 6.54. The number of benzene rings is 4. The molecule has 0 aromatic heterocycles. The molecule has 2 aliphatic carbocycles. The summed E-state index contributed by atoms with van der Waals surface area (Å²) in [4.78, 5) is 37.8. The van der Waals surface area contributed by atoms with Crippen molar-refractivity contribution in [2.24, 2.45) is 0 Å². The summed E-state index contributed by atoms with van der Waals surface area (Å²) < 4.78 is 11.2. The maximum absolute atomic E-state index is 12.8. The molecule has 4 aromatic rings. The van der Waals surface area contributed by atoms with Crippen molar-refractivity contribution in [2.45, 2.75) is 37.1 Å². The van der Waals surface area contributed by atoms with E-state index < -0.39 is 18.2 Å². The second-order valence-electron chi connectivity index (χ2n) is 11.4. The highest BCUT2D eigenvalue weighted by molar-refractivity contribution is 5.85. The molecule has 6 rings (SSSR count). The van der Waals surface area contributed by atoms with Gasteiger partial charge in [0.05, 0.1) is 0 Å². The number of hydrogen-bond acceptors (Lipinski definition) is 5. The largest absolute Gasteiger partial charge is 0.449 e. The van der Waals surface area contributed by atoms with Gasteiger partial charge in [0.1, 0.15) is 19.3 Å². The van der Waals surface area contributed by atoms with Gasteiger partial charge in [-0.25, -0.2) is 9.59 Å². The highest BCUT2D eigenvalue weighted by Gasteiger charge is 2.30. The molecule has 8 nitrogen and oxygen atoms in total. The van der Waals surface area contributed by atoms with E-state index in [1.807, 2.05) is 48.5 Å². The van der Waals surface area contributed by atoms with Crippen LogP contribution in [0.1, 0.15) is 53.4 Å². The number of hydrogen-bond donors (Lipinski definition) is 3. The molecule has 0 spiro atoms. The van der Waals surface area contributed by atoms with Gasteiger partial charge >= 0.3 is 12.2 Å². The molecule has 3 N–H and O–H groups in total. The van der Waals surface area contributed by atoms with Gasteiger partial charge in [-0.1, -0.05) is 97.1 Å². The minimum absolute atomic E-state index is 0.000418. The molecule has 3 amide bonds. The van der Waals surface area contributed by atoms with Crippen LogP contribution in [0, 0.1) is 0 Å². The highest BCUT2D eigenvalue weighted by atomic mass is 16.6. The van der Waals surface area contributed by atoms with E-state index in [2.05, 4.69) is 64.5 Å². The summed E-state index contributed by atoms with van der Waals surface area (Å²) in [5, 5.41) is 8.14. The monoisotopic (exact) mass is 603 g/mol. The normalized spacial score (nSPS) is 13.5. The van der Waals surface area contributed by atoms with Crippen LogP contribution in [0.3, 0.4) is 0 Å². The fraction of sp³-hybridized carbons (Fsp3) is 0.270. The number of ether oxygens (including phenoxy) is 2. The SMILES string of the molecule is CNC(=O)C(CCCCNC(=O)OCC1c2ccccc2-c2ccccc21)NC(=O)OCC1c2ccccc2-c2ccccc21. The molecule has 0 heterocycles. The third-order valence-corrected chi connectivity index (χ3v) is 8.73. The molecule has 1 atom stereocenters. The van der Waals surface area contributed by atoms with Crippen molar-refractivity contribution in [3.63, 3.8) is 0 Å². The van der Waals surface area contributed by atoms with E-state index in [1.54, 1.807) is 0 Å². The summed E-state index contributed by atoms with van der Waals surface area (Å²) in [6, 6.07) is 31.9. The van der Waals surface area contributed by atoms with Crippen molar-refractivity contribution in [1.82, 2.24) is 16.0 Å². The lowest BCUT2D eigenvalue weighted by molar-refractivity contribution is -0.122. The lowest BCUT2D eigenvalue weighted by Crippen LogP contribution is -2.46. The lowest BCUT2D eigenvalue weighted by atomic mass is 9.98. The van der Waals surface area contributed by atoms with E-state index in [-0.39, 0.29) is 31.0 Å². The third-order valence-electron chi connectivity index (χ3n) is 8.73. The first kappa shape index (κ1) is 29.9. The first-order valence-electron chi connectivity index (χ1n) is 15.5. The molecule has 2 aliphatic rings. The van der Waals surface area contributed by atoms with Crippen molar-refractivity contribution in [3.8, 4) is 22.3 Å². The van der Waals surface area contributed by atoms with E-state index >= 15 is 0 Å². The molecule has 0 bridgehead atoms. The van der Waals surface area contributed by atoms with Crippen molar-refractivity contribution >= 4 is 18.1 Å². The van der Waals surface area contributed by atoms with Crippen LogP contribution in [0.5, 0.6) is 0 Å². The number of carbonyl (C=O) groups excluding carboxylic acids is 3. The second kappa shape index (κ2) is 13.7. The molecular formula is C37H37N3O5. The first-order chi connectivity index (χ1) is 22.0. The number of rotatable bonds is 11. The number of nitrogens with one attached hydrogen (secondary N) is 3. The van der Waals surface area contributed by atoms with Gasteiger partial charge in [0, 0.05) is 25.4 Å². The Morgan fingerprint density at radius 1 is 0.622 bits per heavy atom. The Morgan fingerprint density at radius 2 is 1.04 bits per heavy atom. The molecule has 0 fully saturated rings. The Hall–Kier alpha value is -5.11. The van der Waals surface area contributed by atoms with Gasteiger partial charge in [0.25, 0.3) is 0 Å². The third kappa shape index (κ3) is 6.41. The van der Waals surface area contributed by atoms with Crippen molar-refractivity contribution < 1.29 is 23.9 Å². The zero-order valence-corrected chi connectivity index (χ0v) is 25.3. The Morgan fingerprint density at radius 3 is 1.49 bits per heavy atom. The van der Waals surface area contributed by atoms with E-state index in [9.17, 15) is 14.4 Å². The zero-order chi connectivity index (χ0) is 31.2. The first-order valence-corrected chi connectivity index (χ1v) is 15.5. The molecule has 0 saturated heterocycles. The Bertz CT molecular complexity index is 1610. The van der Waals surface area contributed by atoms with Gasteiger partial charge in [0.2, 0.25) is 5.91 Å². The van der Waals surface area contributed by atoms with Gasteiger partial charge < -0.3 is 25.4 Å². The van der Waals surface area contributed by atoms with E-state index in [0.29, 0.717) is 25.8 Å². The smallest absolute Gasteiger partial charge is 0.407 e. The Kier molecular flexibility index (Phi) is 9.10. The van der Waals surface area contributed by atoms with Gasteiger partial charge in [0.15, 0.2) is 0 Å². The van der Waals surface area contributed by atoms with Crippen LogP contribution in [0.25, 0.3) is 22.3 Å².